The number of halogens is 1. The molecule has 0 spiro atoms. The molecule has 8 nitrogen and oxygen atoms in total. The van der Waals surface area contributed by atoms with Gasteiger partial charge in [0.15, 0.2) is 17.3 Å². The highest BCUT2D eigenvalue weighted by Crippen LogP contribution is 2.32. The number of fused-ring (bicyclic) bond motifs is 1. The minimum atomic E-state index is -0.207. The van der Waals surface area contributed by atoms with Crippen LogP contribution in [0.5, 0.6) is 11.5 Å². The van der Waals surface area contributed by atoms with Crippen molar-refractivity contribution in [3.63, 3.8) is 0 Å². The predicted octanol–water partition coefficient (Wildman–Crippen LogP) is 1.91. The minimum absolute atomic E-state index is 0.207. The van der Waals surface area contributed by atoms with Crippen LogP contribution in [0.2, 0.25) is 0 Å². The van der Waals surface area contributed by atoms with E-state index in [0.29, 0.717) is 13.1 Å². The number of ether oxygens (including phenoxy) is 2. The second-order valence-electron chi connectivity index (χ2n) is 7.18. The summed E-state index contributed by atoms with van der Waals surface area (Å²) >= 11 is 0. The van der Waals surface area contributed by atoms with Crippen molar-refractivity contribution in [2.45, 2.75) is 13.1 Å². The van der Waals surface area contributed by atoms with Gasteiger partial charge < -0.3 is 14.4 Å². The first-order valence-electron chi connectivity index (χ1n) is 9.61. The van der Waals surface area contributed by atoms with Crippen molar-refractivity contribution >= 4 is 5.69 Å². The second kappa shape index (κ2) is 7.67. The highest BCUT2D eigenvalue weighted by Gasteiger charge is 2.20. The lowest BCUT2D eigenvalue weighted by molar-refractivity contribution is 0.174. The maximum atomic E-state index is 13.1. The Kier molecular flexibility index (Phi) is 4.73. The average molecular weight is 396 g/mol. The first-order chi connectivity index (χ1) is 14.2. The number of nitrogens with zero attached hydrogens (tertiary/aromatic N) is 6. The zero-order valence-electron chi connectivity index (χ0n) is 15.9. The SMILES string of the molecule is Fc1ccc(N2CCN(Cc3nnnn3Cc3ccc4c(c3)OCO4)CC2)cc1. The summed E-state index contributed by atoms with van der Waals surface area (Å²) in [6, 6.07) is 12.6. The van der Waals surface area contributed by atoms with E-state index >= 15 is 0 Å². The van der Waals surface area contributed by atoms with Crippen LogP contribution in [-0.4, -0.2) is 58.1 Å². The summed E-state index contributed by atoms with van der Waals surface area (Å²) in [5.41, 5.74) is 2.11. The Hall–Kier alpha value is -3.20. The first kappa shape index (κ1) is 17.9. The molecule has 29 heavy (non-hydrogen) atoms. The topological polar surface area (TPSA) is 68.5 Å². The summed E-state index contributed by atoms with van der Waals surface area (Å²) in [5, 5.41) is 12.2. The van der Waals surface area contributed by atoms with Crippen LogP contribution >= 0.6 is 0 Å². The zero-order valence-corrected chi connectivity index (χ0v) is 15.9. The number of piperazine rings is 1. The summed E-state index contributed by atoms with van der Waals surface area (Å²) in [6.07, 6.45) is 0. The Morgan fingerprint density at radius 2 is 1.69 bits per heavy atom. The Balaban J connectivity index is 1.20. The van der Waals surface area contributed by atoms with Gasteiger partial charge >= 0.3 is 0 Å². The van der Waals surface area contributed by atoms with Crippen molar-refractivity contribution in [3.8, 4) is 11.5 Å². The lowest BCUT2D eigenvalue weighted by Crippen LogP contribution is -2.46. The molecule has 0 amide bonds. The first-order valence-corrected chi connectivity index (χ1v) is 9.61. The van der Waals surface area contributed by atoms with Gasteiger partial charge in [0, 0.05) is 31.9 Å². The summed E-state index contributed by atoms with van der Waals surface area (Å²) < 4.78 is 25.8. The third-order valence-electron chi connectivity index (χ3n) is 5.30. The molecular formula is C20H21FN6O2. The van der Waals surface area contributed by atoms with E-state index in [1.807, 2.05) is 35.0 Å². The van der Waals surface area contributed by atoms with Gasteiger partial charge in [0.1, 0.15) is 5.82 Å². The van der Waals surface area contributed by atoms with Gasteiger partial charge in [-0.05, 0) is 52.4 Å². The van der Waals surface area contributed by atoms with Gasteiger partial charge in [-0.2, -0.15) is 0 Å². The van der Waals surface area contributed by atoms with Crippen LogP contribution in [-0.2, 0) is 13.1 Å². The largest absolute Gasteiger partial charge is 0.454 e. The third kappa shape index (κ3) is 3.86. The fourth-order valence-corrected chi connectivity index (χ4v) is 3.69. The molecule has 0 aliphatic carbocycles. The van der Waals surface area contributed by atoms with Crippen LogP contribution in [0.25, 0.3) is 0 Å². The van der Waals surface area contributed by atoms with Crippen LogP contribution in [0, 0.1) is 5.82 Å². The quantitative estimate of drug-likeness (QED) is 0.653. The Labute approximate surface area is 167 Å². The number of aromatic nitrogens is 4. The van der Waals surface area contributed by atoms with Crippen LogP contribution in [0.4, 0.5) is 10.1 Å². The molecule has 0 unspecified atom stereocenters. The number of anilines is 1. The Morgan fingerprint density at radius 1 is 0.897 bits per heavy atom. The molecule has 0 N–H and O–H groups in total. The molecule has 1 aromatic heterocycles. The van der Waals surface area contributed by atoms with Crippen molar-refractivity contribution in [1.29, 1.82) is 0 Å². The van der Waals surface area contributed by atoms with Gasteiger partial charge in [0.05, 0.1) is 13.1 Å². The molecule has 2 aliphatic heterocycles. The smallest absolute Gasteiger partial charge is 0.231 e. The van der Waals surface area contributed by atoms with E-state index in [1.54, 1.807) is 0 Å². The number of benzene rings is 2. The van der Waals surface area contributed by atoms with Crippen LogP contribution in [0.1, 0.15) is 11.4 Å². The monoisotopic (exact) mass is 396 g/mol. The molecule has 3 heterocycles. The van der Waals surface area contributed by atoms with Crippen molar-refractivity contribution < 1.29 is 13.9 Å². The van der Waals surface area contributed by atoms with Gasteiger partial charge in [-0.25, -0.2) is 9.07 Å². The summed E-state index contributed by atoms with van der Waals surface area (Å²) in [6.45, 7) is 5.09. The molecular weight excluding hydrogens is 375 g/mol. The predicted molar refractivity (Wildman–Crippen MR) is 103 cm³/mol. The molecule has 1 saturated heterocycles. The fraction of sp³-hybridized carbons (Fsp3) is 0.350. The third-order valence-corrected chi connectivity index (χ3v) is 5.30. The average Bonchev–Trinajstić information content (AvgIpc) is 3.38. The molecule has 2 aromatic carbocycles. The molecule has 0 atom stereocenters. The molecule has 3 aromatic rings. The number of hydrogen-bond donors (Lipinski definition) is 0. The molecule has 0 bridgehead atoms. The Morgan fingerprint density at radius 3 is 2.52 bits per heavy atom. The van der Waals surface area contributed by atoms with Crippen molar-refractivity contribution in [2.75, 3.05) is 37.9 Å². The van der Waals surface area contributed by atoms with E-state index < -0.39 is 0 Å². The minimum Gasteiger partial charge on any atom is -0.454 e. The number of tetrazole rings is 1. The second-order valence-corrected chi connectivity index (χ2v) is 7.18. The van der Waals surface area contributed by atoms with E-state index in [0.717, 1.165) is 54.8 Å². The molecule has 2 aliphatic rings. The maximum Gasteiger partial charge on any atom is 0.231 e. The normalized spacial score (nSPS) is 16.4. The molecule has 5 rings (SSSR count). The molecule has 150 valence electrons. The number of hydrogen-bond acceptors (Lipinski definition) is 7. The molecule has 1 fully saturated rings. The fourth-order valence-electron chi connectivity index (χ4n) is 3.69. The van der Waals surface area contributed by atoms with Gasteiger partial charge in [-0.1, -0.05) is 6.07 Å². The van der Waals surface area contributed by atoms with Crippen LogP contribution in [0.15, 0.2) is 42.5 Å². The summed E-state index contributed by atoms with van der Waals surface area (Å²) in [7, 11) is 0. The van der Waals surface area contributed by atoms with Gasteiger partial charge in [-0.15, -0.1) is 5.10 Å². The zero-order chi connectivity index (χ0) is 19.6. The van der Waals surface area contributed by atoms with Gasteiger partial charge in [0.25, 0.3) is 0 Å². The van der Waals surface area contributed by atoms with Crippen molar-refractivity contribution in [2.24, 2.45) is 0 Å². The summed E-state index contributed by atoms with van der Waals surface area (Å²) in [4.78, 5) is 4.60. The van der Waals surface area contributed by atoms with Gasteiger partial charge in [-0.3, -0.25) is 4.90 Å². The van der Waals surface area contributed by atoms with Crippen LogP contribution < -0.4 is 14.4 Å². The molecule has 0 radical (unpaired) electrons. The molecule has 0 saturated carbocycles. The molecule has 9 heteroatoms. The van der Waals surface area contributed by atoms with Gasteiger partial charge in [0.2, 0.25) is 6.79 Å². The Bertz CT molecular complexity index is 985. The lowest BCUT2D eigenvalue weighted by atomic mass is 10.2. The highest BCUT2D eigenvalue weighted by molar-refractivity contribution is 5.46. The van der Waals surface area contributed by atoms with E-state index in [2.05, 4.69) is 25.3 Å². The van der Waals surface area contributed by atoms with E-state index in [1.165, 1.54) is 12.1 Å². The van der Waals surface area contributed by atoms with E-state index in [-0.39, 0.29) is 12.6 Å². The number of rotatable bonds is 5. The maximum absolute atomic E-state index is 13.1. The standard InChI is InChI=1S/C20H21FN6O2/c21-16-2-4-17(5-3-16)26-9-7-25(8-10-26)13-20-22-23-24-27(20)12-15-1-6-18-19(11-15)29-14-28-18/h1-6,11H,7-10,12-14H2. The summed E-state index contributed by atoms with van der Waals surface area (Å²) in [5.74, 6) is 2.15. The highest BCUT2D eigenvalue weighted by atomic mass is 19.1. The van der Waals surface area contributed by atoms with E-state index in [9.17, 15) is 4.39 Å². The van der Waals surface area contributed by atoms with Crippen molar-refractivity contribution in [1.82, 2.24) is 25.1 Å². The lowest BCUT2D eigenvalue weighted by Gasteiger charge is -2.35. The van der Waals surface area contributed by atoms with E-state index in [4.69, 9.17) is 9.47 Å². The van der Waals surface area contributed by atoms with Crippen molar-refractivity contribution in [3.05, 3.63) is 59.7 Å². The van der Waals surface area contributed by atoms with Crippen LogP contribution in [0.3, 0.4) is 0 Å².